The van der Waals surface area contributed by atoms with Gasteiger partial charge in [0.1, 0.15) is 0 Å². The second kappa shape index (κ2) is 4.18. The number of hydrogen-bond donors (Lipinski definition) is 3. The van der Waals surface area contributed by atoms with Crippen molar-refractivity contribution in [2.24, 2.45) is 11.1 Å². The van der Waals surface area contributed by atoms with E-state index in [-0.39, 0.29) is 11.4 Å². The highest BCUT2D eigenvalue weighted by Crippen LogP contribution is 2.09. The number of carbonyl (C=O) groups excluding carboxylic acids is 1. The summed E-state index contributed by atoms with van der Waals surface area (Å²) in [4.78, 5) is 10.7. The number of amides is 2. The van der Waals surface area contributed by atoms with Crippen molar-refractivity contribution < 1.29 is 4.79 Å². The van der Waals surface area contributed by atoms with E-state index in [9.17, 15) is 4.79 Å². The van der Waals surface area contributed by atoms with Crippen LogP contribution >= 0.6 is 0 Å². The maximum absolute atomic E-state index is 10.7. The Morgan fingerprint density at radius 1 is 1.55 bits per heavy atom. The molecule has 0 saturated carbocycles. The van der Waals surface area contributed by atoms with Gasteiger partial charge >= 0.3 is 6.03 Å². The van der Waals surface area contributed by atoms with Crippen molar-refractivity contribution in [3.05, 3.63) is 0 Å². The number of rotatable bonds is 3. The van der Waals surface area contributed by atoms with Gasteiger partial charge in [0.2, 0.25) is 0 Å². The van der Waals surface area contributed by atoms with Gasteiger partial charge in [-0.1, -0.05) is 13.8 Å². The highest BCUT2D eigenvalue weighted by atomic mass is 16.2. The summed E-state index contributed by atoms with van der Waals surface area (Å²) in [6, 6.07) is -0.161. The van der Waals surface area contributed by atoms with E-state index in [1.54, 1.807) is 7.05 Å². The molecule has 0 spiro atoms. The highest BCUT2D eigenvalue weighted by molar-refractivity contribution is 5.73. The first-order valence-corrected chi connectivity index (χ1v) is 3.67. The van der Waals surface area contributed by atoms with Gasteiger partial charge in [-0.2, -0.15) is 0 Å². The summed E-state index contributed by atoms with van der Waals surface area (Å²) in [7, 11) is 1.59. The Labute approximate surface area is 67.5 Å². The van der Waals surface area contributed by atoms with E-state index in [2.05, 4.69) is 10.6 Å². The van der Waals surface area contributed by atoms with E-state index in [4.69, 9.17) is 5.73 Å². The van der Waals surface area contributed by atoms with Crippen LogP contribution in [0.15, 0.2) is 0 Å². The zero-order valence-corrected chi connectivity index (χ0v) is 7.40. The molecule has 0 aliphatic heterocycles. The lowest BCUT2D eigenvalue weighted by atomic mass is 9.94. The lowest BCUT2D eigenvalue weighted by Crippen LogP contribution is -2.41. The standard InChI is InChI=1S/C7H17N3O/c1-7(2,4-8)5-10-6(11)9-3/h4-5,8H2,1-3H3,(H2,9,10,11). The maximum atomic E-state index is 10.7. The molecule has 4 heteroatoms. The summed E-state index contributed by atoms with van der Waals surface area (Å²) < 4.78 is 0. The molecule has 0 atom stereocenters. The molecule has 0 aliphatic carbocycles. The molecule has 2 amide bonds. The average molecular weight is 159 g/mol. The van der Waals surface area contributed by atoms with Gasteiger partial charge in [-0.15, -0.1) is 0 Å². The zero-order chi connectivity index (χ0) is 8.91. The summed E-state index contributed by atoms with van der Waals surface area (Å²) in [6.45, 7) is 5.17. The number of hydrogen-bond acceptors (Lipinski definition) is 2. The second-order valence-corrected chi connectivity index (χ2v) is 3.30. The van der Waals surface area contributed by atoms with Crippen LogP contribution in [0.4, 0.5) is 4.79 Å². The van der Waals surface area contributed by atoms with Crippen LogP contribution in [0.25, 0.3) is 0 Å². The average Bonchev–Trinajstić information content (AvgIpc) is 2.00. The topological polar surface area (TPSA) is 67.2 Å². The predicted octanol–water partition coefficient (Wildman–Crippen LogP) is -0.0997. The highest BCUT2D eigenvalue weighted by Gasteiger charge is 2.15. The Bertz CT molecular complexity index is 134. The predicted molar refractivity (Wildman–Crippen MR) is 45.3 cm³/mol. The first-order valence-electron chi connectivity index (χ1n) is 3.67. The van der Waals surface area contributed by atoms with Crippen LogP contribution in [-0.4, -0.2) is 26.2 Å². The normalized spacial score (nSPS) is 10.9. The van der Waals surface area contributed by atoms with Crippen molar-refractivity contribution in [1.29, 1.82) is 0 Å². The third-order valence-corrected chi connectivity index (χ3v) is 1.51. The van der Waals surface area contributed by atoms with Crippen molar-refractivity contribution in [3.8, 4) is 0 Å². The van der Waals surface area contributed by atoms with E-state index < -0.39 is 0 Å². The largest absolute Gasteiger partial charge is 0.341 e. The van der Waals surface area contributed by atoms with Crippen molar-refractivity contribution in [2.75, 3.05) is 20.1 Å². The molecule has 11 heavy (non-hydrogen) atoms. The maximum Gasteiger partial charge on any atom is 0.314 e. The van der Waals surface area contributed by atoms with Gasteiger partial charge in [0.25, 0.3) is 0 Å². The molecular formula is C7H17N3O. The van der Waals surface area contributed by atoms with Gasteiger partial charge in [-0.05, 0) is 12.0 Å². The molecule has 4 nitrogen and oxygen atoms in total. The zero-order valence-electron chi connectivity index (χ0n) is 7.40. The van der Waals surface area contributed by atoms with E-state index in [1.165, 1.54) is 0 Å². The summed E-state index contributed by atoms with van der Waals surface area (Å²) in [5.74, 6) is 0. The molecule has 0 aromatic heterocycles. The lowest BCUT2D eigenvalue weighted by Gasteiger charge is -2.22. The molecule has 0 bridgehead atoms. The molecule has 0 radical (unpaired) electrons. The first-order chi connectivity index (χ1) is 5.02. The summed E-state index contributed by atoms with van der Waals surface area (Å²) >= 11 is 0. The van der Waals surface area contributed by atoms with Crippen molar-refractivity contribution in [2.45, 2.75) is 13.8 Å². The monoisotopic (exact) mass is 159 g/mol. The lowest BCUT2D eigenvalue weighted by molar-refractivity contribution is 0.236. The minimum absolute atomic E-state index is 0.0213. The quantitative estimate of drug-likeness (QED) is 0.538. The van der Waals surface area contributed by atoms with Crippen molar-refractivity contribution in [1.82, 2.24) is 10.6 Å². The molecule has 0 aromatic carbocycles. The minimum Gasteiger partial charge on any atom is -0.341 e. The molecule has 0 unspecified atom stereocenters. The van der Waals surface area contributed by atoms with Gasteiger partial charge in [0.05, 0.1) is 0 Å². The van der Waals surface area contributed by atoms with Crippen LogP contribution in [0.1, 0.15) is 13.8 Å². The molecule has 0 aromatic rings. The fourth-order valence-corrected chi connectivity index (χ4v) is 0.480. The van der Waals surface area contributed by atoms with E-state index in [1.807, 2.05) is 13.8 Å². The van der Waals surface area contributed by atoms with Crippen LogP contribution in [0.2, 0.25) is 0 Å². The van der Waals surface area contributed by atoms with Crippen LogP contribution < -0.4 is 16.4 Å². The third-order valence-electron chi connectivity index (χ3n) is 1.51. The van der Waals surface area contributed by atoms with Gasteiger partial charge in [-0.3, -0.25) is 0 Å². The number of urea groups is 1. The summed E-state index contributed by atoms with van der Waals surface area (Å²) in [5.41, 5.74) is 5.44. The molecule has 4 N–H and O–H groups in total. The van der Waals surface area contributed by atoms with Crippen LogP contribution in [0, 0.1) is 5.41 Å². The number of nitrogens with one attached hydrogen (secondary N) is 2. The molecule has 0 aliphatic rings. The SMILES string of the molecule is CNC(=O)NCC(C)(C)CN. The first kappa shape index (κ1) is 10.2. The van der Waals surface area contributed by atoms with Crippen molar-refractivity contribution in [3.63, 3.8) is 0 Å². The second-order valence-electron chi connectivity index (χ2n) is 3.30. The van der Waals surface area contributed by atoms with E-state index >= 15 is 0 Å². The molecule has 0 heterocycles. The Balaban J connectivity index is 3.61. The van der Waals surface area contributed by atoms with Gasteiger partial charge in [0, 0.05) is 13.6 Å². The fraction of sp³-hybridized carbons (Fsp3) is 0.857. The summed E-state index contributed by atoms with van der Waals surface area (Å²) in [6.07, 6.45) is 0. The van der Waals surface area contributed by atoms with Crippen LogP contribution in [0.3, 0.4) is 0 Å². The van der Waals surface area contributed by atoms with Gasteiger partial charge in [0.15, 0.2) is 0 Å². The van der Waals surface area contributed by atoms with E-state index in [0.717, 1.165) is 0 Å². The van der Waals surface area contributed by atoms with Gasteiger partial charge in [-0.25, -0.2) is 4.79 Å². The van der Waals surface area contributed by atoms with Crippen LogP contribution in [-0.2, 0) is 0 Å². The Morgan fingerprint density at radius 3 is 2.45 bits per heavy atom. The van der Waals surface area contributed by atoms with Gasteiger partial charge < -0.3 is 16.4 Å². The number of carbonyl (C=O) groups is 1. The Kier molecular flexibility index (Phi) is 3.89. The molecular weight excluding hydrogens is 142 g/mol. The number of nitrogens with two attached hydrogens (primary N) is 1. The third kappa shape index (κ3) is 4.61. The van der Waals surface area contributed by atoms with E-state index in [0.29, 0.717) is 13.1 Å². The molecule has 0 fully saturated rings. The van der Waals surface area contributed by atoms with Crippen LogP contribution in [0.5, 0.6) is 0 Å². The van der Waals surface area contributed by atoms with Crippen molar-refractivity contribution >= 4 is 6.03 Å². The molecule has 66 valence electrons. The minimum atomic E-state index is -0.161. The summed E-state index contributed by atoms with van der Waals surface area (Å²) in [5, 5.41) is 5.16. The molecule has 0 saturated heterocycles. The Hall–Kier alpha value is -0.770. The molecule has 0 rings (SSSR count). The smallest absolute Gasteiger partial charge is 0.314 e. The Morgan fingerprint density at radius 2 is 2.09 bits per heavy atom. The fourth-order valence-electron chi connectivity index (χ4n) is 0.480.